The summed E-state index contributed by atoms with van der Waals surface area (Å²) in [4.78, 5) is 39.3. The van der Waals surface area contributed by atoms with E-state index in [1.807, 2.05) is 24.3 Å². The molecule has 2 aliphatic rings. The molecular weight excluding hydrogens is 456 g/mol. The molecule has 6 nitrogen and oxygen atoms in total. The van der Waals surface area contributed by atoms with E-state index < -0.39 is 0 Å². The summed E-state index contributed by atoms with van der Waals surface area (Å²) >= 11 is 1.40. The maximum absolute atomic E-state index is 13.5. The molecule has 0 amide bonds. The van der Waals surface area contributed by atoms with Crippen molar-refractivity contribution >= 4 is 22.7 Å². The highest BCUT2D eigenvalue weighted by Crippen LogP contribution is 2.49. The minimum Gasteiger partial charge on any atom is -0.310 e. The Kier molecular flexibility index (Phi) is 5.44. The molecule has 0 aliphatic heterocycles. The van der Waals surface area contributed by atoms with Gasteiger partial charge in [0.15, 0.2) is 5.16 Å². The summed E-state index contributed by atoms with van der Waals surface area (Å²) in [5.74, 6) is 0.996. The van der Waals surface area contributed by atoms with Gasteiger partial charge in [0.2, 0.25) is 0 Å². The first-order valence-electron chi connectivity index (χ1n) is 12.0. The van der Waals surface area contributed by atoms with Gasteiger partial charge in [0.05, 0.1) is 27.9 Å². The predicted octanol–water partition coefficient (Wildman–Crippen LogP) is 4.99. The van der Waals surface area contributed by atoms with E-state index in [4.69, 9.17) is 9.97 Å². The quantitative estimate of drug-likeness (QED) is 0.246. The molecule has 0 saturated heterocycles. The van der Waals surface area contributed by atoms with E-state index in [2.05, 4.69) is 29.8 Å². The molecule has 176 valence electrons. The summed E-state index contributed by atoms with van der Waals surface area (Å²) in [7, 11) is 0. The Morgan fingerprint density at radius 1 is 1.06 bits per heavy atom. The zero-order chi connectivity index (χ0) is 24.0. The molecular formula is C28H26N4O2S. The normalized spacial score (nSPS) is 15.8. The van der Waals surface area contributed by atoms with Crippen molar-refractivity contribution in [1.29, 1.82) is 0 Å². The molecule has 0 bridgehead atoms. The van der Waals surface area contributed by atoms with Gasteiger partial charge in [-0.15, -0.1) is 6.58 Å². The highest BCUT2D eigenvalue weighted by molar-refractivity contribution is 7.98. The van der Waals surface area contributed by atoms with Gasteiger partial charge in [-0.1, -0.05) is 67.1 Å². The molecule has 0 radical (unpaired) electrons. The molecule has 0 unspecified atom stereocenters. The fraction of sp³-hybridized carbons (Fsp3) is 0.286. The minimum atomic E-state index is -0.111. The lowest BCUT2D eigenvalue weighted by atomic mass is 9.68. The number of hydrogen-bond donors (Lipinski definition) is 1. The predicted molar refractivity (Wildman–Crippen MR) is 140 cm³/mol. The van der Waals surface area contributed by atoms with Crippen molar-refractivity contribution < 1.29 is 0 Å². The van der Waals surface area contributed by atoms with E-state index in [0.717, 1.165) is 48.9 Å². The number of thioether (sulfide) groups is 1. The Balaban J connectivity index is 1.42. The van der Waals surface area contributed by atoms with E-state index in [-0.39, 0.29) is 16.5 Å². The second kappa shape index (κ2) is 8.64. The van der Waals surface area contributed by atoms with Crippen LogP contribution in [-0.2, 0) is 24.1 Å². The van der Waals surface area contributed by atoms with Crippen molar-refractivity contribution in [3.63, 3.8) is 0 Å². The number of aromatic nitrogens is 4. The summed E-state index contributed by atoms with van der Waals surface area (Å²) < 4.78 is 1.62. The van der Waals surface area contributed by atoms with Crippen molar-refractivity contribution in [3.8, 4) is 11.3 Å². The average Bonchev–Trinajstić information content (AvgIpc) is 3.33. The molecule has 2 aromatic heterocycles. The Bertz CT molecular complexity index is 1580. The van der Waals surface area contributed by atoms with E-state index in [1.165, 1.54) is 17.3 Å². The van der Waals surface area contributed by atoms with E-state index in [9.17, 15) is 9.59 Å². The molecule has 2 heterocycles. The SMILES string of the molecule is C=CCn1c(SCc2nc3c(c(=O)[nH]2)C2(CCCC2)Cc2ccccc2-3)nc2ccccc2c1=O. The standard InChI is InChI=1S/C28H26N4O2S/c1-2-15-32-26(34)20-11-5-6-12-21(20)29-27(32)35-17-22-30-24-19-10-4-3-9-18(19)16-28(13-7-8-14-28)23(24)25(33)31-22/h2-6,9-12H,1,7-8,13-17H2,(H,30,31,33). The number of hydrogen-bond acceptors (Lipinski definition) is 5. The molecule has 0 atom stereocenters. The number of aromatic amines is 1. The Morgan fingerprint density at radius 2 is 1.83 bits per heavy atom. The summed E-state index contributed by atoms with van der Waals surface area (Å²) in [6, 6.07) is 15.7. The zero-order valence-corrected chi connectivity index (χ0v) is 20.2. The van der Waals surface area contributed by atoms with Crippen LogP contribution in [0.4, 0.5) is 0 Å². The Hall–Kier alpha value is -3.45. The lowest BCUT2D eigenvalue weighted by molar-refractivity contribution is 0.426. The first-order valence-corrected chi connectivity index (χ1v) is 13.0. The molecule has 2 aliphatic carbocycles. The average molecular weight is 483 g/mol. The van der Waals surface area contributed by atoms with Crippen LogP contribution in [0.3, 0.4) is 0 Å². The molecule has 1 fully saturated rings. The van der Waals surface area contributed by atoms with Gasteiger partial charge in [0.1, 0.15) is 5.82 Å². The van der Waals surface area contributed by atoms with Crippen LogP contribution in [0.25, 0.3) is 22.2 Å². The summed E-state index contributed by atoms with van der Waals surface area (Å²) in [5.41, 5.74) is 4.43. The smallest absolute Gasteiger partial charge is 0.262 e. The van der Waals surface area contributed by atoms with Crippen LogP contribution in [-0.4, -0.2) is 19.5 Å². The second-order valence-corrected chi connectivity index (χ2v) is 10.4. The van der Waals surface area contributed by atoms with Gasteiger partial charge in [0, 0.05) is 17.5 Å². The van der Waals surface area contributed by atoms with Crippen molar-refractivity contribution in [1.82, 2.24) is 19.5 Å². The van der Waals surface area contributed by atoms with E-state index >= 15 is 0 Å². The fourth-order valence-electron chi connectivity index (χ4n) is 5.79. The van der Waals surface area contributed by atoms with Gasteiger partial charge in [-0.05, 0) is 37.0 Å². The van der Waals surface area contributed by atoms with E-state index in [1.54, 1.807) is 16.7 Å². The van der Waals surface area contributed by atoms with Gasteiger partial charge in [-0.2, -0.15) is 0 Å². The number of nitrogens with one attached hydrogen (secondary N) is 1. The number of rotatable bonds is 5. The largest absolute Gasteiger partial charge is 0.310 e. The van der Waals surface area contributed by atoms with Crippen LogP contribution >= 0.6 is 11.8 Å². The first kappa shape index (κ1) is 22.0. The van der Waals surface area contributed by atoms with Crippen molar-refractivity contribution in [2.45, 2.75) is 55.0 Å². The van der Waals surface area contributed by atoms with Crippen LogP contribution in [0.5, 0.6) is 0 Å². The highest BCUT2D eigenvalue weighted by atomic mass is 32.2. The molecule has 1 saturated carbocycles. The molecule has 1 N–H and O–H groups in total. The maximum Gasteiger partial charge on any atom is 0.262 e. The molecule has 35 heavy (non-hydrogen) atoms. The summed E-state index contributed by atoms with van der Waals surface area (Å²) in [5, 5.41) is 1.17. The first-order chi connectivity index (χ1) is 17.1. The third-order valence-electron chi connectivity index (χ3n) is 7.34. The van der Waals surface area contributed by atoms with Gasteiger partial charge in [-0.3, -0.25) is 14.2 Å². The van der Waals surface area contributed by atoms with Crippen molar-refractivity contribution in [2.24, 2.45) is 0 Å². The van der Waals surface area contributed by atoms with Crippen molar-refractivity contribution in [3.05, 3.63) is 98.8 Å². The highest BCUT2D eigenvalue weighted by Gasteiger charge is 2.43. The molecule has 4 aromatic rings. The number of fused-ring (bicyclic) bond motifs is 5. The Morgan fingerprint density at radius 3 is 2.66 bits per heavy atom. The minimum absolute atomic E-state index is 0.0306. The van der Waals surface area contributed by atoms with Gasteiger partial charge in [-0.25, -0.2) is 9.97 Å². The van der Waals surface area contributed by atoms with Crippen LogP contribution < -0.4 is 11.1 Å². The third kappa shape index (κ3) is 3.65. The van der Waals surface area contributed by atoms with Gasteiger partial charge < -0.3 is 4.98 Å². The van der Waals surface area contributed by atoms with Gasteiger partial charge >= 0.3 is 0 Å². The lowest BCUT2D eigenvalue weighted by Crippen LogP contribution is -2.37. The summed E-state index contributed by atoms with van der Waals surface area (Å²) in [6.07, 6.45) is 6.95. The monoisotopic (exact) mass is 482 g/mol. The number of nitrogens with zero attached hydrogens (tertiary/aromatic N) is 3. The number of para-hydroxylation sites is 1. The van der Waals surface area contributed by atoms with Crippen LogP contribution in [0, 0.1) is 0 Å². The third-order valence-corrected chi connectivity index (χ3v) is 8.32. The molecule has 7 heteroatoms. The summed E-state index contributed by atoms with van der Waals surface area (Å²) in [6.45, 7) is 4.16. The van der Waals surface area contributed by atoms with Crippen LogP contribution in [0.2, 0.25) is 0 Å². The number of allylic oxidation sites excluding steroid dienone is 1. The lowest BCUT2D eigenvalue weighted by Gasteiger charge is -2.35. The topological polar surface area (TPSA) is 80.6 Å². The molecule has 6 rings (SSSR count). The number of H-pyrrole nitrogens is 1. The van der Waals surface area contributed by atoms with Gasteiger partial charge in [0.25, 0.3) is 11.1 Å². The number of benzene rings is 2. The Labute approximate surface area is 207 Å². The second-order valence-electron chi connectivity index (χ2n) is 9.46. The molecule has 1 spiro atoms. The van der Waals surface area contributed by atoms with Crippen LogP contribution in [0.15, 0.2) is 75.9 Å². The zero-order valence-electron chi connectivity index (χ0n) is 19.4. The van der Waals surface area contributed by atoms with Crippen LogP contribution in [0.1, 0.15) is 42.6 Å². The van der Waals surface area contributed by atoms with Crippen molar-refractivity contribution in [2.75, 3.05) is 0 Å². The van der Waals surface area contributed by atoms with E-state index in [0.29, 0.717) is 34.2 Å². The molecule has 2 aromatic carbocycles. The maximum atomic E-state index is 13.5. The fourth-order valence-corrected chi connectivity index (χ4v) is 6.67.